The number of rotatable bonds is 1. The summed E-state index contributed by atoms with van der Waals surface area (Å²) in [5.41, 5.74) is 5.58. The monoisotopic (exact) mass is 239 g/mol. The largest absolute Gasteiger partial charge is 0.354 e. The molecule has 5 heteroatoms. The van der Waals surface area contributed by atoms with Crippen LogP contribution in [0.1, 0.15) is 32.6 Å². The summed E-state index contributed by atoms with van der Waals surface area (Å²) >= 11 is 0. The summed E-state index contributed by atoms with van der Waals surface area (Å²) in [6.45, 7) is 3.43. The Morgan fingerprint density at radius 3 is 2.94 bits per heavy atom. The van der Waals surface area contributed by atoms with Crippen molar-refractivity contribution in [2.45, 2.75) is 38.6 Å². The first-order valence-electron chi connectivity index (χ1n) is 6.36. The highest BCUT2D eigenvalue weighted by Crippen LogP contribution is 2.38. The maximum absolute atomic E-state index is 12.5. The van der Waals surface area contributed by atoms with Gasteiger partial charge in [-0.3, -0.25) is 9.59 Å². The fraction of sp³-hybridized carbons (Fsp3) is 0.833. The Balaban J connectivity index is 2.10. The number of hydrogen-bond acceptors (Lipinski definition) is 3. The molecule has 96 valence electrons. The number of hydrogen-bond donors (Lipinski definition) is 2. The predicted molar refractivity (Wildman–Crippen MR) is 64.1 cm³/mol. The Kier molecular flexibility index (Phi) is 3.38. The van der Waals surface area contributed by atoms with Crippen molar-refractivity contribution in [2.24, 2.45) is 11.1 Å². The molecule has 2 atom stereocenters. The van der Waals surface area contributed by atoms with Crippen LogP contribution in [0.5, 0.6) is 0 Å². The minimum absolute atomic E-state index is 0.0551. The molecule has 1 saturated heterocycles. The molecular formula is C12H21N3O2. The molecular weight excluding hydrogens is 218 g/mol. The van der Waals surface area contributed by atoms with E-state index in [4.69, 9.17) is 5.73 Å². The van der Waals surface area contributed by atoms with E-state index in [1.807, 2.05) is 6.92 Å². The number of amides is 2. The lowest BCUT2D eigenvalue weighted by Crippen LogP contribution is -2.50. The summed E-state index contributed by atoms with van der Waals surface area (Å²) in [6.07, 6.45) is 3.57. The van der Waals surface area contributed by atoms with Crippen molar-refractivity contribution >= 4 is 11.8 Å². The van der Waals surface area contributed by atoms with E-state index in [1.54, 1.807) is 4.90 Å². The van der Waals surface area contributed by atoms with Gasteiger partial charge >= 0.3 is 0 Å². The Labute approximate surface area is 102 Å². The zero-order chi connectivity index (χ0) is 12.5. The summed E-state index contributed by atoms with van der Waals surface area (Å²) in [5, 5.41) is 2.78. The van der Waals surface area contributed by atoms with E-state index in [0.29, 0.717) is 13.1 Å². The van der Waals surface area contributed by atoms with Gasteiger partial charge in [0.2, 0.25) is 11.8 Å². The van der Waals surface area contributed by atoms with Crippen LogP contribution in [-0.2, 0) is 9.59 Å². The van der Waals surface area contributed by atoms with Gasteiger partial charge in [-0.1, -0.05) is 6.42 Å². The number of nitrogens with one attached hydrogen (secondary N) is 1. The van der Waals surface area contributed by atoms with Gasteiger partial charge in [-0.2, -0.15) is 0 Å². The molecule has 0 radical (unpaired) electrons. The van der Waals surface area contributed by atoms with Gasteiger partial charge in [-0.05, 0) is 26.2 Å². The van der Waals surface area contributed by atoms with Gasteiger partial charge in [0.05, 0.1) is 12.0 Å². The highest BCUT2D eigenvalue weighted by molar-refractivity contribution is 5.88. The lowest BCUT2D eigenvalue weighted by atomic mass is 9.83. The van der Waals surface area contributed by atoms with Crippen LogP contribution >= 0.6 is 0 Å². The first kappa shape index (κ1) is 12.4. The molecule has 2 unspecified atom stereocenters. The fourth-order valence-electron chi connectivity index (χ4n) is 2.80. The predicted octanol–water partition coefficient (Wildman–Crippen LogP) is -0.148. The Morgan fingerprint density at radius 1 is 1.53 bits per heavy atom. The van der Waals surface area contributed by atoms with Crippen LogP contribution in [0, 0.1) is 5.41 Å². The van der Waals surface area contributed by atoms with E-state index in [1.165, 1.54) is 0 Å². The normalized spacial score (nSPS) is 34.4. The van der Waals surface area contributed by atoms with Crippen LogP contribution in [0.15, 0.2) is 0 Å². The summed E-state index contributed by atoms with van der Waals surface area (Å²) in [4.78, 5) is 25.6. The molecule has 2 fully saturated rings. The average molecular weight is 239 g/mol. The van der Waals surface area contributed by atoms with Crippen molar-refractivity contribution in [3.8, 4) is 0 Å². The van der Waals surface area contributed by atoms with Gasteiger partial charge in [-0.15, -0.1) is 0 Å². The molecule has 1 aliphatic carbocycles. The molecule has 5 nitrogen and oxygen atoms in total. The molecule has 0 aromatic rings. The lowest BCUT2D eigenvalue weighted by molar-refractivity contribution is -0.144. The Morgan fingerprint density at radius 2 is 2.29 bits per heavy atom. The van der Waals surface area contributed by atoms with Crippen molar-refractivity contribution in [3.05, 3.63) is 0 Å². The summed E-state index contributed by atoms with van der Waals surface area (Å²) in [7, 11) is 0. The number of nitrogens with zero attached hydrogens (tertiary/aromatic N) is 1. The topological polar surface area (TPSA) is 75.4 Å². The zero-order valence-electron chi connectivity index (χ0n) is 10.4. The van der Waals surface area contributed by atoms with E-state index >= 15 is 0 Å². The van der Waals surface area contributed by atoms with Crippen LogP contribution in [0.25, 0.3) is 0 Å². The van der Waals surface area contributed by atoms with Crippen LogP contribution in [0.3, 0.4) is 0 Å². The molecule has 0 bridgehead atoms. The summed E-state index contributed by atoms with van der Waals surface area (Å²) in [5.74, 6) is -0.00873. The van der Waals surface area contributed by atoms with Gasteiger partial charge < -0.3 is 16.0 Å². The van der Waals surface area contributed by atoms with E-state index in [2.05, 4.69) is 5.32 Å². The second-order valence-electron chi connectivity index (χ2n) is 5.35. The molecule has 2 rings (SSSR count). The number of nitrogens with two attached hydrogens (primary N) is 1. The minimum Gasteiger partial charge on any atom is -0.354 e. The first-order chi connectivity index (χ1) is 8.04. The van der Waals surface area contributed by atoms with E-state index in [-0.39, 0.29) is 24.4 Å². The standard InChI is InChI=1S/C12H21N3O2/c1-12(5-2-4-9(12)13)11(17)15-7-3-6-14-10(16)8-15/h9H,2-8,13H2,1H3,(H,14,16). The summed E-state index contributed by atoms with van der Waals surface area (Å²) in [6, 6.07) is -0.0682. The Hall–Kier alpha value is -1.10. The lowest BCUT2D eigenvalue weighted by Gasteiger charge is -2.33. The van der Waals surface area contributed by atoms with Crippen LogP contribution < -0.4 is 11.1 Å². The Bertz CT molecular complexity index is 332. The van der Waals surface area contributed by atoms with Crippen molar-refractivity contribution < 1.29 is 9.59 Å². The second-order valence-corrected chi connectivity index (χ2v) is 5.35. The molecule has 1 heterocycles. The van der Waals surface area contributed by atoms with E-state index < -0.39 is 5.41 Å². The molecule has 2 aliphatic rings. The fourth-order valence-corrected chi connectivity index (χ4v) is 2.80. The van der Waals surface area contributed by atoms with Crippen LogP contribution in [0.2, 0.25) is 0 Å². The quantitative estimate of drug-likeness (QED) is 0.668. The van der Waals surface area contributed by atoms with Crippen LogP contribution in [0.4, 0.5) is 0 Å². The molecule has 0 aromatic heterocycles. The van der Waals surface area contributed by atoms with E-state index in [9.17, 15) is 9.59 Å². The highest BCUT2D eigenvalue weighted by atomic mass is 16.2. The van der Waals surface area contributed by atoms with Gasteiger partial charge in [0.25, 0.3) is 0 Å². The molecule has 0 aromatic carbocycles. The average Bonchev–Trinajstić information content (AvgIpc) is 2.52. The number of carbonyl (C=O) groups excluding carboxylic acids is 2. The molecule has 0 spiro atoms. The molecule has 1 saturated carbocycles. The van der Waals surface area contributed by atoms with Gasteiger partial charge in [0, 0.05) is 19.1 Å². The third-order valence-electron chi connectivity index (χ3n) is 4.07. The smallest absolute Gasteiger partial charge is 0.239 e. The van der Waals surface area contributed by atoms with Gasteiger partial charge in [-0.25, -0.2) is 0 Å². The maximum atomic E-state index is 12.5. The van der Waals surface area contributed by atoms with Crippen molar-refractivity contribution in [3.63, 3.8) is 0 Å². The molecule has 17 heavy (non-hydrogen) atoms. The third kappa shape index (κ3) is 2.29. The second kappa shape index (κ2) is 4.64. The third-order valence-corrected chi connectivity index (χ3v) is 4.07. The zero-order valence-corrected chi connectivity index (χ0v) is 10.4. The van der Waals surface area contributed by atoms with Gasteiger partial charge in [0.15, 0.2) is 0 Å². The first-order valence-corrected chi connectivity index (χ1v) is 6.36. The van der Waals surface area contributed by atoms with Crippen molar-refractivity contribution in [1.29, 1.82) is 0 Å². The maximum Gasteiger partial charge on any atom is 0.239 e. The van der Waals surface area contributed by atoms with Crippen molar-refractivity contribution in [2.75, 3.05) is 19.6 Å². The molecule has 1 aliphatic heterocycles. The number of carbonyl (C=O) groups is 2. The van der Waals surface area contributed by atoms with E-state index in [0.717, 1.165) is 25.7 Å². The molecule has 2 amide bonds. The minimum atomic E-state index is -0.468. The van der Waals surface area contributed by atoms with Crippen molar-refractivity contribution in [1.82, 2.24) is 10.2 Å². The highest BCUT2D eigenvalue weighted by Gasteiger charge is 2.45. The summed E-state index contributed by atoms with van der Waals surface area (Å²) < 4.78 is 0. The SMILES string of the molecule is CC1(C(=O)N2CCCNC(=O)C2)CCCC1N. The van der Waals surface area contributed by atoms with Crippen LogP contribution in [-0.4, -0.2) is 42.4 Å². The molecule has 3 N–H and O–H groups in total. The van der Waals surface area contributed by atoms with Gasteiger partial charge in [0.1, 0.15) is 0 Å².